The van der Waals surface area contributed by atoms with E-state index in [0.29, 0.717) is 0 Å². The van der Waals surface area contributed by atoms with Crippen LogP contribution in [0.4, 0.5) is 0 Å². The van der Waals surface area contributed by atoms with Gasteiger partial charge in [-0.1, -0.05) is 37.6 Å². The van der Waals surface area contributed by atoms with Crippen molar-refractivity contribution < 1.29 is 4.42 Å². The third-order valence-corrected chi connectivity index (χ3v) is 2.60. The first-order valence-corrected chi connectivity index (χ1v) is 5.69. The SMILES string of the molecule is Cc1cccc(-c2nc(Cl)oc2C(C)C)c1. The van der Waals surface area contributed by atoms with Gasteiger partial charge < -0.3 is 4.42 Å². The Labute approximate surface area is 100 Å². The van der Waals surface area contributed by atoms with E-state index < -0.39 is 0 Å². The number of hydrogen-bond acceptors (Lipinski definition) is 2. The molecule has 0 aliphatic heterocycles. The molecule has 2 aromatic rings. The molecule has 0 radical (unpaired) electrons. The average Bonchev–Trinajstić information content (AvgIpc) is 2.60. The molecule has 0 aliphatic rings. The van der Waals surface area contributed by atoms with Crippen molar-refractivity contribution in [3.63, 3.8) is 0 Å². The molecule has 0 aliphatic carbocycles. The summed E-state index contributed by atoms with van der Waals surface area (Å²) in [6.07, 6.45) is 0. The molecule has 0 bridgehead atoms. The molecule has 1 aromatic carbocycles. The fraction of sp³-hybridized carbons (Fsp3) is 0.308. The van der Waals surface area contributed by atoms with Crippen molar-refractivity contribution in [1.29, 1.82) is 0 Å². The zero-order valence-electron chi connectivity index (χ0n) is 9.62. The molecule has 84 valence electrons. The summed E-state index contributed by atoms with van der Waals surface area (Å²) >= 11 is 5.82. The molecule has 2 rings (SSSR count). The van der Waals surface area contributed by atoms with Crippen LogP contribution in [-0.4, -0.2) is 4.98 Å². The fourth-order valence-electron chi connectivity index (χ4n) is 1.70. The predicted molar refractivity (Wildman–Crippen MR) is 65.8 cm³/mol. The van der Waals surface area contributed by atoms with Crippen molar-refractivity contribution >= 4 is 11.6 Å². The van der Waals surface area contributed by atoms with E-state index in [0.717, 1.165) is 17.0 Å². The number of aryl methyl sites for hydroxylation is 1. The highest BCUT2D eigenvalue weighted by molar-refractivity contribution is 6.27. The summed E-state index contributed by atoms with van der Waals surface area (Å²) in [6.45, 7) is 6.19. The maximum atomic E-state index is 5.82. The normalized spacial score (nSPS) is 11.1. The topological polar surface area (TPSA) is 26.0 Å². The quantitative estimate of drug-likeness (QED) is 0.770. The third kappa shape index (κ3) is 2.12. The summed E-state index contributed by atoms with van der Waals surface area (Å²) in [5.74, 6) is 1.12. The van der Waals surface area contributed by atoms with E-state index in [2.05, 4.69) is 37.9 Å². The highest BCUT2D eigenvalue weighted by Gasteiger charge is 2.16. The van der Waals surface area contributed by atoms with Crippen molar-refractivity contribution in [3.05, 3.63) is 40.9 Å². The van der Waals surface area contributed by atoms with Crippen LogP contribution in [0.2, 0.25) is 5.35 Å². The molecule has 1 aromatic heterocycles. The summed E-state index contributed by atoms with van der Waals surface area (Å²) < 4.78 is 5.42. The second-order valence-corrected chi connectivity index (χ2v) is 4.53. The van der Waals surface area contributed by atoms with E-state index >= 15 is 0 Å². The van der Waals surface area contributed by atoms with Crippen LogP contribution in [0.3, 0.4) is 0 Å². The first-order chi connectivity index (χ1) is 7.58. The van der Waals surface area contributed by atoms with Crippen LogP contribution < -0.4 is 0 Å². The Balaban J connectivity index is 2.55. The fourth-order valence-corrected chi connectivity index (χ4v) is 1.86. The summed E-state index contributed by atoms with van der Waals surface area (Å²) in [7, 11) is 0. The lowest BCUT2D eigenvalue weighted by Crippen LogP contribution is -1.89. The Morgan fingerprint density at radius 1 is 1.31 bits per heavy atom. The Morgan fingerprint density at radius 3 is 2.69 bits per heavy atom. The maximum Gasteiger partial charge on any atom is 0.292 e. The van der Waals surface area contributed by atoms with E-state index in [1.807, 2.05) is 12.1 Å². The lowest BCUT2D eigenvalue weighted by molar-refractivity contribution is 0.485. The maximum absolute atomic E-state index is 5.82. The lowest BCUT2D eigenvalue weighted by atomic mass is 10.0. The second kappa shape index (κ2) is 4.30. The first-order valence-electron chi connectivity index (χ1n) is 5.31. The van der Waals surface area contributed by atoms with Crippen LogP contribution in [0.25, 0.3) is 11.3 Å². The zero-order valence-corrected chi connectivity index (χ0v) is 10.4. The van der Waals surface area contributed by atoms with Crippen molar-refractivity contribution in [1.82, 2.24) is 4.98 Å². The predicted octanol–water partition coefficient (Wildman–Crippen LogP) is 4.43. The van der Waals surface area contributed by atoms with E-state index in [4.69, 9.17) is 16.0 Å². The van der Waals surface area contributed by atoms with E-state index in [-0.39, 0.29) is 11.3 Å². The van der Waals surface area contributed by atoms with Crippen molar-refractivity contribution in [2.24, 2.45) is 0 Å². The van der Waals surface area contributed by atoms with Crippen LogP contribution in [0.15, 0.2) is 28.7 Å². The molecule has 0 fully saturated rings. The molecule has 2 nitrogen and oxygen atoms in total. The lowest BCUT2D eigenvalue weighted by Gasteiger charge is -2.04. The summed E-state index contributed by atoms with van der Waals surface area (Å²) in [6, 6.07) is 8.17. The first kappa shape index (κ1) is 11.2. The molecule has 0 amide bonds. The molecule has 16 heavy (non-hydrogen) atoms. The van der Waals surface area contributed by atoms with Crippen LogP contribution in [0.5, 0.6) is 0 Å². The number of benzene rings is 1. The monoisotopic (exact) mass is 235 g/mol. The van der Waals surface area contributed by atoms with Gasteiger partial charge in [0.25, 0.3) is 5.35 Å². The Morgan fingerprint density at radius 2 is 2.06 bits per heavy atom. The molecule has 0 atom stereocenters. The second-order valence-electron chi connectivity index (χ2n) is 4.20. The molecule has 0 saturated heterocycles. The minimum atomic E-state index is 0.209. The number of rotatable bonds is 2. The highest BCUT2D eigenvalue weighted by Crippen LogP contribution is 2.31. The van der Waals surface area contributed by atoms with Gasteiger partial charge in [0.1, 0.15) is 11.5 Å². The summed E-state index contributed by atoms with van der Waals surface area (Å²) in [5, 5.41) is 0.209. The molecular formula is C13H14ClNO. The number of aromatic nitrogens is 1. The molecule has 0 N–H and O–H groups in total. The molecule has 0 saturated carbocycles. The highest BCUT2D eigenvalue weighted by atomic mass is 35.5. The molecule has 0 unspecified atom stereocenters. The molecule has 1 heterocycles. The Hall–Kier alpha value is -1.28. The van der Waals surface area contributed by atoms with Gasteiger partial charge in [0.2, 0.25) is 0 Å². The Bertz CT molecular complexity index is 502. The van der Waals surface area contributed by atoms with Gasteiger partial charge in [-0.15, -0.1) is 0 Å². The minimum Gasteiger partial charge on any atom is -0.432 e. The van der Waals surface area contributed by atoms with E-state index in [1.54, 1.807) is 0 Å². The number of halogens is 1. The minimum absolute atomic E-state index is 0.209. The summed E-state index contributed by atoms with van der Waals surface area (Å²) in [4.78, 5) is 4.24. The number of oxazole rings is 1. The molecule has 3 heteroatoms. The summed E-state index contributed by atoms with van der Waals surface area (Å²) in [5.41, 5.74) is 3.11. The van der Waals surface area contributed by atoms with Crippen molar-refractivity contribution in [3.8, 4) is 11.3 Å². The smallest absolute Gasteiger partial charge is 0.292 e. The van der Waals surface area contributed by atoms with Gasteiger partial charge in [-0.2, -0.15) is 4.98 Å². The largest absolute Gasteiger partial charge is 0.432 e. The van der Waals surface area contributed by atoms with Gasteiger partial charge in [-0.05, 0) is 24.6 Å². The standard InChI is InChI=1S/C13H14ClNO/c1-8(2)12-11(15-13(14)16-12)10-6-4-5-9(3)7-10/h4-8H,1-3H3. The van der Waals surface area contributed by atoms with E-state index in [1.165, 1.54) is 5.56 Å². The van der Waals surface area contributed by atoms with Crippen LogP contribution in [0.1, 0.15) is 31.1 Å². The molecule has 0 spiro atoms. The van der Waals surface area contributed by atoms with E-state index in [9.17, 15) is 0 Å². The third-order valence-electron chi connectivity index (χ3n) is 2.44. The van der Waals surface area contributed by atoms with Crippen LogP contribution in [-0.2, 0) is 0 Å². The number of hydrogen-bond donors (Lipinski definition) is 0. The van der Waals surface area contributed by atoms with Gasteiger partial charge in [-0.3, -0.25) is 0 Å². The van der Waals surface area contributed by atoms with Gasteiger partial charge >= 0.3 is 0 Å². The van der Waals surface area contributed by atoms with Gasteiger partial charge in [0, 0.05) is 11.5 Å². The Kier molecular flexibility index (Phi) is 3.01. The van der Waals surface area contributed by atoms with Gasteiger partial charge in [0.15, 0.2) is 0 Å². The van der Waals surface area contributed by atoms with Gasteiger partial charge in [-0.25, -0.2) is 0 Å². The number of nitrogens with zero attached hydrogens (tertiary/aromatic N) is 1. The zero-order chi connectivity index (χ0) is 11.7. The van der Waals surface area contributed by atoms with Crippen LogP contribution in [0, 0.1) is 6.92 Å². The molecular weight excluding hydrogens is 222 g/mol. The van der Waals surface area contributed by atoms with Crippen molar-refractivity contribution in [2.45, 2.75) is 26.7 Å². The van der Waals surface area contributed by atoms with Crippen molar-refractivity contribution in [2.75, 3.05) is 0 Å². The van der Waals surface area contributed by atoms with Gasteiger partial charge in [0.05, 0.1) is 0 Å². The average molecular weight is 236 g/mol. The van der Waals surface area contributed by atoms with Crippen LogP contribution >= 0.6 is 11.6 Å².